The third-order valence-electron chi connectivity index (χ3n) is 1.88. The Morgan fingerprint density at radius 3 is 2.39 bits per heavy atom. The van der Waals surface area contributed by atoms with Crippen LogP contribution < -0.4 is 11.1 Å². The first-order chi connectivity index (χ1) is 8.24. The summed E-state index contributed by atoms with van der Waals surface area (Å²) < 4.78 is 31.6. The number of nitrogens with one attached hydrogen (secondary N) is 1. The fourth-order valence-electron chi connectivity index (χ4n) is 1.17. The van der Waals surface area contributed by atoms with Crippen LogP contribution in [0.1, 0.15) is 18.6 Å². The first kappa shape index (κ1) is 16.8. The Labute approximate surface area is 106 Å². The number of rotatable bonds is 4. The summed E-state index contributed by atoms with van der Waals surface area (Å²) in [5, 5.41) is 12.7. The Kier molecular flexibility index (Phi) is 7.48. The standard InChI is InChI=1S/C10H16N2O.H2O4S/c1-2-12-7-10(13)8-4-3-5-9(11)6-8;1-5(2,3)4/h3-6,10,12-13H,2,7,11H2,1H3;(H2,1,2,3,4). The first-order valence-corrected chi connectivity index (χ1v) is 6.57. The van der Waals surface area contributed by atoms with Gasteiger partial charge in [-0.3, -0.25) is 9.11 Å². The molecule has 7 nitrogen and oxygen atoms in total. The number of benzene rings is 1. The van der Waals surface area contributed by atoms with E-state index in [9.17, 15) is 5.11 Å². The summed E-state index contributed by atoms with van der Waals surface area (Å²) in [5.41, 5.74) is 7.14. The van der Waals surface area contributed by atoms with Crippen LogP contribution in [-0.2, 0) is 10.4 Å². The zero-order valence-corrected chi connectivity index (χ0v) is 10.8. The molecule has 1 rings (SSSR count). The lowest BCUT2D eigenvalue weighted by Gasteiger charge is -2.11. The topological polar surface area (TPSA) is 133 Å². The fourth-order valence-corrected chi connectivity index (χ4v) is 1.17. The molecular weight excluding hydrogens is 260 g/mol. The highest BCUT2D eigenvalue weighted by atomic mass is 32.3. The lowest BCUT2D eigenvalue weighted by Crippen LogP contribution is -2.20. The summed E-state index contributed by atoms with van der Waals surface area (Å²) in [4.78, 5) is 0. The Morgan fingerprint density at radius 1 is 1.39 bits per heavy atom. The van der Waals surface area contributed by atoms with E-state index in [2.05, 4.69) is 5.32 Å². The number of hydrogen-bond acceptors (Lipinski definition) is 5. The van der Waals surface area contributed by atoms with E-state index in [4.69, 9.17) is 23.3 Å². The smallest absolute Gasteiger partial charge is 0.394 e. The van der Waals surface area contributed by atoms with Gasteiger partial charge in [0.05, 0.1) is 6.10 Å². The van der Waals surface area contributed by atoms with Crippen LogP contribution in [0.25, 0.3) is 0 Å². The molecule has 0 spiro atoms. The van der Waals surface area contributed by atoms with Crippen molar-refractivity contribution in [3.8, 4) is 0 Å². The zero-order valence-electron chi connectivity index (χ0n) is 9.94. The highest BCUT2D eigenvalue weighted by Crippen LogP contribution is 2.14. The summed E-state index contributed by atoms with van der Waals surface area (Å²) in [5.74, 6) is 0. The minimum atomic E-state index is -4.67. The molecule has 0 amide bonds. The summed E-state index contributed by atoms with van der Waals surface area (Å²) in [6.07, 6.45) is -0.469. The Balaban J connectivity index is 0.000000494. The van der Waals surface area contributed by atoms with E-state index in [0.29, 0.717) is 12.2 Å². The molecule has 0 saturated heterocycles. The van der Waals surface area contributed by atoms with Gasteiger partial charge in [-0.05, 0) is 24.2 Å². The largest absolute Gasteiger partial charge is 0.399 e. The maximum Gasteiger partial charge on any atom is 0.394 e. The number of likely N-dealkylation sites (N-methyl/N-ethyl adjacent to an activating group) is 1. The molecule has 104 valence electrons. The third-order valence-corrected chi connectivity index (χ3v) is 1.88. The molecule has 0 fully saturated rings. The summed E-state index contributed by atoms with van der Waals surface area (Å²) in [6, 6.07) is 7.32. The van der Waals surface area contributed by atoms with Crippen LogP contribution in [-0.4, -0.2) is 35.7 Å². The first-order valence-electron chi connectivity index (χ1n) is 5.18. The zero-order chi connectivity index (χ0) is 14.2. The van der Waals surface area contributed by atoms with Gasteiger partial charge in [0.15, 0.2) is 0 Å². The molecule has 0 aromatic heterocycles. The molecule has 1 aromatic carbocycles. The van der Waals surface area contributed by atoms with E-state index >= 15 is 0 Å². The van der Waals surface area contributed by atoms with Gasteiger partial charge in [-0.1, -0.05) is 19.1 Å². The highest BCUT2D eigenvalue weighted by Gasteiger charge is 2.05. The van der Waals surface area contributed by atoms with Crippen molar-refractivity contribution >= 4 is 16.1 Å². The van der Waals surface area contributed by atoms with Crippen molar-refractivity contribution in [1.82, 2.24) is 5.32 Å². The number of aliphatic hydroxyl groups excluding tert-OH is 1. The van der Waals surface area contributed by atoms with E-state index in [0.717, 1.165) is 12.1 Å². The highest BCUT2D eigenvalue weighted by molar-refractivity contribution is 7.79. The molecule has 1 aromatic rings. The maximum absolute atomic E-state index is 9.66. The Bertz CT molecular complexity index is 441. The third kappa shape index (κ3) is 10.00. The number of anilines is 1. The molecule has 0 aliphatic rings. The van der Waals surface area contributed by atoms with Crippen LogP contribution in [0.4, 0.5) is 5.69 Å². The van der Waals surface area contributed by atoms with Crippen LogP contribution in [0.2, 0.25) is 0 Å². The molecular formula is C10H18N2O5S. The van der Waals surface area contributed by atoms with Gasteiger partial charge in [-0.2, -0.15) is 8.42 Å². The van der Waals surface area contributed by atoms with Crippen molar-refractivity contribution in [2.75, 3.05) is 18.8 Å². The van der Waals surface area contributed by atoms with Crippen LogP contribution in [0, 0.1) is 0 Å². The van der Waals surface area contributed by atoms with E-state index in [1.807, 2.05) is 25.1 Å². The molecule has 0 bridgehead atoms. The molecule has 8 heteroatoms. The van der Waals surface area contributed by atoms with E-state index in [1.165, 1.54) is 0 Å². The van der Waals surface area contributed by atoms with Crippen molar-refractivity contribution in [2.45, 2.75) is 13.0 Å². The molecule has 1 unspecified atom stereocenters. The lowest BCUT2D eigenvalue weighted by molar-refractivity contribution is 0.175. The molecule has 0 aliphatic heterocycles. The van der Waals surface area contributed by atoms with Gasteiger partial charge < -0.3 is 16.2 Å². The summed E-state index contributed by atoms with van der Waals surface area (Å²) in [6.45, 7) is 3.44. The quantitative estimate of drug-likeness (QED) is 0.394. The average molecular weight is 278 g/mol. The second-order valence-corrected chi connectivity index (χ2v) is 4.34. The van der Waals surface area contributed by atoms with Crippen molar-refractivity contribution in [3.05, 3.63) is 29.8 Å². The van der Waals surface area contributed by atoms with Crippen LogP contribution in [0.15, 0.2) is 24.3 Å². The Morgan fingerprint density at radius 2 is 1.94 bits per heavy atom. The minimum absolute atomic E-state index is 0.469. The van der Waals surface area contributed by atoms with E-state index in [-0.39, 0.29) is 0 Å². The second kappa shape index (κ2) is 8.01. The lowest BCUT2D eigenvalue weighted by atomic mass is 10.1. The fraction of sp³-hybridized carbons (Fsp3) is 0.400. The molecule has 0 saturated carbocycles. The average Bonchev–Trinajstić information content (AvgIpc) is 2.23. The van der Waals surface area contributed by atoms with Gasteiger partial charge >= 0.3 is 10.4 Å². The molecule has 18 heavy (non-hydrogen) atoms. The van der Waals surface area contributed by atoms with Gasteiger partial charge in [0, 0.05) is 12.2 Å². The van der Waals surface area contributed by atoms with E-state index in [1.54, 1.807) is 6.07 Å². The van der Waals surface area contributed by atoms with Crippen molar-refractivity contribution < 1.29 is 22.6 Å². The van der Waals surface area contributed by atoms with Crippen molar-refractivity contribution in [2.24, 2.45) is 0 Å². The van der Waals surface area contributed by atoms with Crippen LogP contribution >= 0.6 is 0 Å². The minimum Gasteiger partial charge on any atom is -0.399 e. The molecule has 0 aliphatic carbocycles. The summed E-state index contributed by atoms with van der Waals surface area (Å²) >= 11 is 0. The van der Waals surface area contributed by atoms with Gasteiger partial charge in [0.25, 0.3) is 0 Å². The van der Waals surface area contributed by atoms with Crippen LogP contribution in [0.3, 0.4) is 0 Å². The molecule has 1 atom stereocenters. The van der Waals surface area contributed by atoms with Gasteiger partial charge in [0.2, 0.25) is 0 Å². The van der Waals surface area contributed by atoms with E-state index < -0.39 is 16.5 Å². The van der Waals surface area contributed by atoms with Crippen molar-refractivity contribution in [3.63, 3.8) is 0 Å². The molecule has 0 heterocycles. The predicted molar refractivity (Wildman–Crippen MR) is 68.5 cm³/mol. The second-order valence-electron chi connectivity index (χ2n) is 3.44. The number of aliphatic hydroxyl groups is 1. The number of nitrogen functional groups attached to an aromatic ring is 1. The van der Waals surface area contributed by atoms with Gasteiger partial charge in [-0.15, -0.1) is 0 Å². The van der Waals surface area contributed by atoms with Gasteiger partial charge in [-0.25, -0.2) is 0 Å². The summed E-state index contributed by atoms with van der Waals surface area (Å²) in [7, 11) is -4.67. The maximum atomic E-state index is 9.66. The monoisotopic (exact) mass is 278 g/mol. The Hall–Kier alpha value is -1.19. The predicted octanol–water partition coefficient (Wildman–Crippen LogP) is 0.259. The molecule has 0 radical (unpaired) electrons. The number of hydrogen-bond donors (Lipinski definition) is 5. The van der Waals surface area contributed by atoms with Crippen molar-refractivity contribution in [1.29, 1.82) is 0 Å². The molecule has 6 N–H and O–H groups in total. The normalized spacial score (nSPS) is 12.4. The van der Waals surface area contributed by atoms with Gasteiger partial charge in [0.1, 0.15) is 0 Å². The SMILES string of the molecule is CCNCC(O)c1cccc(N)c1.O=S(=O)(O)O. The van der Waals surface area contributed by atoms with Crippen LogP contribution in [0.5, 0.6) is 0 Å². The number of nitrogens with two attached hydrogens (primary N) is 1.